The SMILES string of the molecule is CC1(c2cc(Cl)c(F)c(Cl)c2)CC(c2ccc(C3(F)CN(C(=O)C4CC4)C3)cc2)=NO1. The highest BCUT2D eigenvalue weighted by atomic mass is 35.5. The first-order chi connectivity index (χ1) is 14.7. The molecule has 4 nitrogen and oxygen atoms in total. The molecule has 3 aliphatic rings. The lowest BCUT2D eigenvalue weighted by atomic mass is 9.85. The van der Waals surface area contributed by atoms with E-state index in [0.717, 1.165) is 18.4 Å². The average molecular weight is 465 g/mol. The van der Waals surface area contributed by atoms with Crippen molar-refractivity contribution in [2.75, 3.05) is 13.1 Å². The molecule has 1 unspecified atom stereocenters. The van der Waals surface area contributed by atoms with E-state index in [-0.39, 0.29) is 35.0 Å². The molecule has 162 valence electrons. The Morgan fingerprint density at radius 1 is 1.13 bits per heavy atom. The molecule has 31 heavy (non-hydrogen) atoms. The summed E-state index contributed by atoms with van der Waals surface area (Å²) in [7, 11) is 0. The van der Waals surface area contributed by atoms with Crippen LogP contribution in [0.3, 0.4) is 0 Å². The quantitative estimate of drug-likeness (QED) is 0.553. The molecular weight excluding hydrogens is 445 g/mol. The number of benzene rings is 2. The Labute approximate surface area is 188 Å². The Balaban J connectivity index is 1.28. The minimum Gasteiger partial charge on any atom is -0.384 e. The molecular formula is C23H20Cl2F2N2O2. The number of carbonyl (C=O) groups is 1. The van der Waals surface area contributed by atoms with Gasteiger partial charge in [0.05, 0.1) is 28.8 Å². The molecule has 1 saturated carbocycles. The molecule has 2 aliphatic heterocycles. The topological polar surface area (TPSA) is 41.9 Å². The van der Waals surface area contributed by atoms with E-state index >= 15 is 4.39 Å². The van der Waals surface area contributed by atoms with Crippen LogP contribution in [0.2, 0.25) is 10.0 Å². The van der Waals surface area contributed by atoms with Gasteiger partial charge >= 0.3 is 0 Å². The predicted molar refractivity (Wildman–Crippen MR) is 115 cm³/mol. The first kappa shape index (κ1) is 20.7. The number of hydrogen-bond acceptors (Lipinski definition) is 3. The van der Waals surface area contributed by atoms with Crippen LogP contribution in [-0.4, -0.2) is 29.6 Å². The average Bonchev–Trinajstić information content (AvgIpc) is 3.50. The van der Waals surface area contributed by atoms with E-state index in [1.54, 1.807) is 29.2 Å². The minimum atomic E-state index is -1.51. The molecule has 0 N–H and O–H groups in total. The van der Waals surface area contributed by atoms with E-state index in [2.05, 4.69) is 5.16 Å². The van der Waals surface area contributed by atoms with E-state index in [1.165, 1.54) is 12.1 Å². The van der Waals surface area contributed by atoms with Crippen LogP contribution in [0, 0.1) is 11.7 Å². The van der Waals surface area contributed by atoms with Crippen molar-refractivity contribution in [3.05, 3.63) is 69.0 Å². The molecule has 2 fully saturated rings. The van der Waals surface area contributed by atoms with Crippen LogP contribution in [-0.2, 0) is 20.9 Å². The monoisotopic (exact) mass is 464 g/mol. The van der Waals surface area contributed by atoms with Crippen LogP contribution >= 0.6 is 23.2 Å². The van der Waals surface area contributed by atoms with Gasteiger partial charge in [0.1, 0.15) is 0 Å². The Hall–Kier alpha value is -2.18. The number of halogens is 4. The van der Waals surface area contributed by atoms with Crippen LogP contribution in [0.4, 0.5) is 8.78 Å². The van der Waals surface area contributed by atoms with E-state index in [0.29, 0.717) is 23.3 Å². The number of nitrogens with zero attached hydrogens (tertiary/aromatic N) is 2. The third kappa shape index (κ3) is 3.60. The maximum absolute atomic E-state index is 15.2. The fourth-order valence-electron chi connectivity index (χ4n) is 4.16. The number of amides is 1. The first-order valence-electron chi connectivity index (χ1n) is 10.2. The van der Waals surface area contributed by atoms with Crippen molar-refractivity contribution in [1.29, 1.82) is 0 Å². The van der Waals surface area contributed by atoms with Gasteiger partial charge in [0, 0.05) is 17.9 Å². The van der Waals surface area contributed by atoms with Gasteiger partial charge in [0.2, 0.25) is 5.91 Å². The van der Waals surface area contributed by atoms with Gasteiger partial charge in [-0.15, -0.1) is 0 Å². The van der Waals surface area contributed by atoms with Crippen molar-refractivity contribution >= 4 is 34.8 Å². The van der Waals surface area contributed by atoms with Crippen molar-refractivity contribution < 1.29 is 18.4 Å². The van der Waals surface area contributed by atoms with Crippen molar-refractivity contribution in [1.82, 2.24) is 4.90 Å². The first-order valence-corrected chi connectivity index (χ1v) is 10.9. The third-order valence-corrected chi connectivity index (χ3v) is 6.86. The maximum atomic E-state index is 15.2. The Morgan fingerprint density at radius 3 is 2.32 bits per heavy atom. The van der Waals surface area contributed by atoms with Crippen LogP contribution < -0.4 is 0 Å². The largest absolute Gasteiger partial charge is 0.384 e. The smallest absolute Gasteiger partial charge is 0.225 e. The van der Waals surface area contributed by atoms with Crippen molar-refractivity contribution in [3.8, 4) is 0 Å². The fraction of sp³-hybridized carbons (Fsp3) is 0.391. The standard InChI is InChI=1S/C23H20Cl2F2N2O2/c1-22(16-8-17(24)20(26)18(25)9-16)10-19(28-31-22)13-4-6-15(7-5-13)23(27)11-29(12-23)21(30)14-2-3-14/h4-9,14H,2-3,10-12H2,1H3. The van der Waals surface area contributed by atoms with Crippen LogP contribution in [0.1, 0.15) is 42.9 Å². The lowest BCUT2D eigenvalue weighted by Gasteiger charge is -2.45. The Morgan fingerprint density at radius 2 is 1.74 bits per heavy atom. The minimum absolute atomic E-state index is 0.0719. The van der Waals surface area contributed by atoms with E-state index in [1.807, 2.05) is 6.92 Å². The zero-order valence-electron chi connectivity index (χ0n) is 16.8. The molecule has 2 aromatic rings. The summed E-state index contributed by atoms with van der Waals surface area (Å²) < 4.78 is 28.9. The van der Waals surface area contributed by atoms with Gasteiger partial charge in [0.25, 0.3) is 0 Å². The number of rotatable bonds is 4. The normalized spacial score (nSPS) is 24.4. The molecule has 0 bridgehead atoms. The summed E-state index contributed by atoms with van der Waals surface area (Å²) in [4.78, 5) is 19.3. The summed E-state index contributed by atoms with van der Waals surface area (Å²) in [6.07, 6.45) is 2.26. The number of likely N-dealkylation sites (tertiary alicyclic amines) is 1. The molecule has 0 spiro atoms. The summed E-state index contributed by atoms with van der Waals surface area (Å²) in [6, 6.07) is 10.1. The molecule has 1 aliphatic carbocycles. The highest BCUT2D eigenvalue weighted by Crippen LogP contribution is 2.42. The number of alkyl halides is 1. The zero-order valence-corrected chi connectivity index (χ0v) is 18.3. The van der Waals surface area contributed by atoms with Gasteiger partial charge in [-0.25, -0.2) is 8.78 Å². The van der Waals surface area contributed by atoms with Crippen molar-refractivity contribution in [3.63, 3.8) is 0 Å². The second kappa shape index (κ2) is 7.17. The Bertz CT molecular complexity index is 1070. The molecule has 0 aromatic heterocycles. The second-order valence-electron chi connectivity index (χ2n) is 8.80. The number of hydrogen-bond donors (Lipinski definition) is 0. The molecule has 2 aromatic carbocycles. The summed E-state index contributed by atoms with van der Waals surface area (Å²) in [5.41, 5.74) is 0.326. The van der Waals surface area contributed by atoms with Gasteiger partial charge in [-0.3, -0.25) is 4.79 Å². The molecule has 1 saturated heterocycles. The highest BCUT2D eigenvalue weighted by Gasteiger charge is 2.49. The molecule has 0 radical (unpaired) electrons. The molecule has 1 amide bonds. The van der Waals surface area contributed by atoms with E-state index < -0.39 is 17.1 Å². The molecule has 2 heterocycles. The summed E-state index contributed by atoms with van der Waals surface area (Å²) in [5, 5.41) is 4.04. The van der Waals surface area contributed by atoms with E-state index in [9.17, 15) is 9.18 Å². The highest BCUT2D eigenvalue weighted by molar-refractivity contribution is 6.35. The van der Waals surface area contributed by atoms with Crippen molar-refractivity contribution in [2.45, 2.75) is 37.5 Å². The zero-order chi connectivity index (χ0) is 22.0. The summed E-state index contributed by atoms with van der Waals surface area (Å²) in [6.45, 7) is 2.04. The Kier molecular flexibility index (Phi) is 4.79. The van der Waals surface area contributed by atoms with Crippen LogP contribution in [0.5, 0.6) is 0 Å². The molecule has 8 heteroatoms. The van der Waals surface area contributed by atoms with Gasteiger partial charge in [-0.05, 0) is 43.0 Å². The molecule has 1 atom stereocenters. The number of carbonyl (C=O) groups excluding carboxylic acids is 1. The second-order valence-corrected chi connectivity index (χ2v) is 9.62. The third-order valence-electron chi connectivity index (χ3n) is 6.31. The van der Waals surface area contributed by atoms with E-state index in [4.69, 9.17) is 28.0 Å². The van der Waals surface area contributed by atoms with Crippen molar-refractivity contribution in [2.24, 2.45) is 11.1 Å². The summed E-state index contributed by atoms with van der Waals surface area (Å²) >= 11 is 11.9. The molecule has 5 rings (SSSR count). The van der Waals surface area contributed by atoms with Crippen LogP contribution in [0.15, 0.2) is 41.6 Å². The van der Waals surface area contributed by atoms with Gasteiger partial charge in [-0.2, -0.15) is 0 Å². The predicted octanol–water partition coefficient (Wildman–Crippen LogP) is 5.59. The number of oxime groups is 1. The lowest BCUT2D eigenvalue weighted by Crippen LogP contribution is -2.59. The van der Waals surface area contributed by atoms with Gasteiger partial charge < -0.3 is 9.74 Å². The lowest BCUT2D eigenvalue weighted by molar-refractivity contribution is -0.147. The fourth-order valence-corrected chi connectivity index (χ4v) is 4.64. The van der Waals surface area contributed by atoms with Gasteiger partial charge in [0.15, 0.2) is 17.1 Å². The van der Waals surface area contributed by atoms with Gasteiger partial charge in [-0.1, -0.05) is 52.6 Å². The van der Waals surface area contributed by atoms with Crippen LogP contribution in [0.25, 0.3) is 0 Å². The summed E-state index contributed by atoms with van der Waals surface area (Å²) in [5.74, 6) is -0.492. The maximum Gasteiger partial charge on any atom is 0.225 e.